The number of nitrogens with two attached hydrogens (primary N) is 1. The molecule has 0 saturated heterocycles. The topological polar surface area (TPSA) is 55.1 Å². The van der Waals surface area contributed by atoms with Gasteiger partial charge in [-0.1, -0.05) is 32.9 Å². The molecule has 0 saturated carbocycles. The van der Waals surface area contributed by atoms with Gasteiger partial charge in [0.15, 0.2) is 0 Å². The minimum atomic E-state index is -0.532. The van der Waals surface area contributed by atoms with Crippen molar-refractivity contribution in [3.05, 3.63) is 28.2 Å². The Morgan fingerprint density at radius 3 is 2.53 bits per heavy atom. The second-order valence-corrected chi connectivity index (χ2v) is 6.06. The molecule has 0 aromatic heterocycles. The number of amides is 1. The van der Waals surface area contributed by atoms with Crippen LogP contribution in [0.2, 0.25) is 0 Å². The van der Waals surface area contributed by atoms with E-state index in [2.05, 4.69) is 21.2 Å². The monoisotopic (exact) mass is 298 g/mol. The summed E-state index contributed by atoms with van der Waals surface area (Å²) < 4.78 is 0.898. The third-order valence-electron chi connectivity index (χ3n) is 2.67. The van der Waals surface area contributed by atoms with Gasteiger partial charge in [0.2, 0.25) is 5.91 Å². The molecule has 3 N–H and O–H groups in total. The third-order valence-corrected chi connectivity index (χ3v) is 3.72. The molecule has 1 aromatic carbocycles. The number of benzene rings is 1. The Morgan fingerprint density at radius 1 is 1.41 bits per heavy atom. The summed E-state index contributed by atoms with van der Waals surface area (Å²) in [7, 11) is 0. The zero-order valence-electron chi connectivity index (χ0n) is 10.7. The summed E-state index contributed by atoms with van der Waals surface area (Å²) in [6.45, 7) is 7.82. The zero-order valence-corrected chi connectivity index (χ0v) is 12.3. The van der Waals surface area contributed by atoms with Gasteiger partial charge in [-0.25, -0.2) is 0 Å². The fourth-order valence-electron chi connectivity index (χ4n) is 1.35. The molecule has 1 rings (SSSR count). The molecular formula is C13H19BrN2O. The normalized spacial score (nSPS) is 13.3. The van der Waals surface area contributed by atoms with Crippen LogP contribution in [0.25, 0.3) is 0 Å². The average Bonchev–Trinajstić information content (AvgIpc) is 2.22. The fourth-order valence-corrected chi connectivity index (χ4v) is 1.71. The van der Waals surface area contributed by atoms with E-state index in [4.69, 9.17) is 5.73 Å². The van der Waals surface area contributed by atoms with Crippen molar-refractivity contribution in [1.82, 2.24) is 0 Å². The van der Waals surface area contributed by atoms with Crippen LogP contribution in [0, 0.1) is 12.3 Å². The van der Waals surface area contributed by atoms with Gasteiger partial charge >= 0.3 is 0 Å². The van der Waals surface area contributed by atoms with Gasteiger partial charge in [0.1, 0.15) is 0 Å². The van der Waals surface area contributed by atoms with Crippen molar-refractivity contribution in [2.45, 2.75) is 33.7 Å². The Bertz CT molecular complexity index is 424. The Hall–Kier alpha value is -0.870. The average molecular weight is 299 g/mol. The summed E-state index contributed by atoms with van der Waals surface area (Å²) in [4.78, 5) is 12.0. The van der Waals surface area contributed by atoms with Gasteiger partial charge in [0.25, 0.3) is 0 Å². The van der Waals surface area contributed by atoms with Crippen LogP contribution in [0.4, 0.5) is 5.69 Å². The van der Waals surface area contributed by atoms with Crippen molar-refractivity contribution in [2.24, 2.45) is 11.1 Å². The molecule has 17 heavy (non-hydrogen) atoms. The van der Waals surface area contributed by atoms with Crippen LogP contribution in [0.15, 0.2) is 22.7 Å². The van der Waals surface area contributed by atoms with Crippen LogP contribution in [-0.4, -0.2) is 11.9 Å². The Kier molecular flexibility index (Phi) is 4.33. The van der Waals surface area contributed by atoms with E-state index in [1.54, 1.807) is 0 Å². The maximum absolute atomic E-state index is 12.0. The molecule has 1 atom stereocenters. The molecule has 1 aromatic rings. The first-order valence-electron chi connectivity index (χ1n) is 5.55. The van der Waals surface area contributed by atoms with Gasteiger partial charge in [0.05, 0.1) is 11.7 Å². The first kappa shape index (κ1) is 14.2. The molecule has 0 spiro atoms. The number of rotatable bonds is 2. The molecule has 0 aliphatic carbocycles. The molecule has 0 unspecified atom stereocenters. The molecule has 0 fully saturated rings. The number of anilines is 1. The highest BCUT2D eigenvalue weighted by atomic mass is 79.9. The molecule has 0 radical (unpaired) electrons. The lowest BCUT2D eigenvalue weighted by Gasteiger charge is -2.26. The van der Waals surface area contributed by atoms with Gasteiger partial charge in [-0.15, -0.1) is 0 Å². The quantitative estimate of drug-likeness (QED) is 0.881. The second kappa shape index (κ2) is 5.19. The van der Waals surface area contributed by atoms with Crippen molar-refractivity contribution in [3.63, 3.8) is 0 Å². The summed E-state index contributed by atoms with van der Waals surface area (Å²) in [5, 5.41) is 2.85. The molecule has 94 valence electrons. The first-order valence-corrected chi connectivity index (χ1v) is 6.34. The van der Waals surface area contributed by atoms with Crippen molar-refractivity contribution < 1.29 is 4.79 Å². The van der Waals surface area contributed by atoms with E-state index < -0.39 is 6.04 Å². The Labute approximate surface area is 111 Å². The summed E-state index contributed by atoms with van der Waals surface area (Å²) >= 11 is 3.45. The van der Waals surface area contributed by atoms with Gasteiger partial charge in [0, 0.05) is 4.47 Å². The highest BCUT2D eigenvalue weighted by molar-refractivity contribution is 9.10. The summed E-state index contributed by atoms with van der Waals surface area (Å²) in [5.41, 5.74) is 7.49. The van der Waals surface area contributed by atoms with Crippen LogP contribution in [-0.2, 0) is 4.79 Å². The maximum atomic E-state index is 12.0. The van der Waals surface area contributed by atoms with E-state index in [1.165, 1.54) is 0 Å². The SMILES string of the molecule is Cc1cccc(NC(=O)[C@@H](N)C(C)(C)C)c1Br. The molecular weight excluding hydrogens is 280 g/mol. The number of hydrogen-bond acceptors (Lipinski definition) is 2. The highest BCUT2D eigenvalue weighted by Crippen LogP contribution is 2.26. The van der Waals surface area contributed by atoms with E-state index in [0.29, 0.717) is 0 Å². The molecule has 1 amide bonds. The summed E-state index contributed by atoms with van der Waals surface area (Å²) in [5.74, 6) is -0.163. The zero-order chi connectivity index (χ0) is 13.2. The summed E-state index contributed by atoms with van der Waals surface area (Å²) in [6.07, 6.45) is 0. The number of nitrogens with one attached hydrogen (secondary N) is 1. The lowest BCUT2D eigenvalue weighted by Crippen LogP contribution is -2.45. The lowest BCUT2D eigenvalue weighted by atomic mass is 9.87. The van der Waals surface area contributed by atoms with E-state index in [1.807, 2.05) is 45.9 Å². The molecule has 0 heterocycles. The number of carbonyl (C=O) groups is 1. The third kappa shape index (κ3) is 3.54. The van der Waals surface area contributed by atoms with Crippen LogP contribution in [0.3, 0.4) is 0 Å². The predicted molar refractivity (Wildman–Crippen MR) is 74.9 cm³/mol. The molecule has 0 bridgehead atoms. The van der Waals surface area contributed by atoms with Crippen molar-refractivity contribution in [3.8, 4) is 0 Å². The highest BCUT2D eigenvalue weighted by Gasteiger charge is 2.27. The van der Waals surface area contributed by atoms with Crippen molar-refractivity contribution in [2.75, 3.05) is 5.32 Å². The maximum Gasteiger partial charge on any atom is 0.241 e. The number of carbonyl (C=O) groups excluding carboxylic acids is 1. The Morgan fingerprint density at radius 2 is 2.00 bits per heavy atom. The predicted octanol–water partition coefficient (Wildman–Crippen LogP) is 3.07. The molecule has 4 heteroatoms. The number of halogens is 1. The van der Waals surface area contributed by atoms with E-state index in [-0.39, 0.29) is 11.3 Å². The largest absolute Gasteiger partial charge is 0.324 e. The summed E-state index contributed by atoms with van der Waals surface area (Å²) in [6, 6.07) is 5.20. The van der Waals surface area contributed by atoms with Crippen LogP contribution in [0.1, 0.15) is 26.3 Å². The smallest absolute Gasteiger partial charge is 0.241 e. The van der Waals surface area contributed by atoms with Crippen molar-refractivity contribution >= 4 is 27.5 Å². The minimum Gasteiger partial charge on any atom is -0.324 e. The van der Waals surface area contributed by atoms with Crippen LogP contribution < -0.4 is 11.1 Å². The molecule has 0 aliphatic heterocycles. The van der Waals surface area contributed by atoms with Gasteiger partial charge < -0.3 is 11.1 Å². The van der Waals surface area contributed by atoms with Crippen LogP contribution >= 0.6 is 15.9 Å². The van der Waals surface area contributed by atoms with Gasteiger partial charge in [-0.05, 0) is 39.9 Å². The Balaban J connectivity index is 2.86. The van der Waals surface area contributed by atoms with Crippen molar-refractivity contribution in [1.29, 1.82) is 0 Å². The van der Waals surface area contributed by atoms with Crippen LogP contribution in [0.5, 0.6) is 0 Å². The van der Waals surface area contributed by atoms with E-state index in [9.17, 15) is 4.79 Å². The minimum absolute atomic E-state index is 0.163. The standard InChI is InChI=1S/C13H19BrN2O/c1-8-6-5-7-9(10(8)14)16-12(17)11(15)13(2,3)4/h5-7,11H,15H2,1-4H3,(H,16,17)/t11-/m1/s1. The lowest BCUT2D eigenvalue weighted by molar-refractivity contribution is -0.119. The van der Waals surface area contributed by atoms with Gasteiger partial charge in [-0.3, -0.25) is 4.79 Å². The molecule has 3 nitrogen and oxygen atoms in total. The van der Waals surface area contributed by atoms with Gasteiger partial charge in [-0.2, -0.15) is 0 Å². The fraction of sp³-hybridized carbons (Fsp3) is 0.462. The first-order chi connectivity index (χ1) is 7.73. The van der Waals surface area contributed by atoms with E-state index >= 15 is 0 Å². The van der Waals surface area contributed by atoms with E-state index in [0.717, 1.165) is 15.7 Å². The number of hydrogen-bond donors (Lipinski definition) is 2. The second-order valence-electron chi connectivity index (χ2n) is 5.27. The molecule has 0 aliphatic rings. The number of aryl methyl sites for hydroxylation is 1.